The Morgan fingerprint density at radius 3 is 2.20 bits per heavy atom. The van der Waals surface area contributed by atoms with Crippen LogP contribution >= 0.6 is 11.6 Å². The molecule has 1 N–H and O–H groups in total. The maximum Gasteiger partial charge on any atom is 0.466 e. The third kappa shape index (κ3) is 4.12. The third-order valence-corrected chi connectivity index (χ3v) is 5.05. The van der Waals surface area contributed by atoms with Crippen LogP contribution in [-0.4, -0.2) is 29.4 Å². The van der Waals surface area contributed by atoms with Gasteiger partial charge in [0, 0.05) is 5.82 Å². The van der Waals surface area contributed by atoms with E-state index in [0.29, 0.717) is 0 Å². The van der Waals surface area contributed by atoms with Gasteiger partial charge < -0.3 is 14.4 Å². The molecule has 2 rings (SSSR count). The van der Waals surface area contributed by atoms with Crippen LogP contribution in [0.25, 0.3) is 0 Å². The highest BCUT2D eigenvalue weighted by atomic mass is 35.5. The number of alkyl halides is 3. The lowest BCUT2D eigenvalue weighted by Gasteiger charge is -2.32. The molecule has 1 atom stereocenters. The molecule has 0 amide bonds. The van der Waals surface area contributed by atoms with Gasteiger partial charge in [-0.15, -0.1) is 0 Å². The molecule has 25 heavy (non-hydrogen) atoms. The fourth-order valence-corrected chi connectivity index (χ4v) is 2.83. The average Bonchev–Trinajstić information content (AvgIpc) is 2.64. The summed E-state index contributed by atoms with van der Waals surface area (Å²) >= 11 is 5.64. The lowest BCUT2D eigenvalue weighted by Crippen LogP contribution is -2.41. The molecule has 9 heteroatoms. The minimum Gasteiger partial charge on any atom is -0.481 e. The van der Waals surface area contributed by atoms with E-state index >= 15 is 0 Å². The SMILES string of the molecule is CC1(C)OB(C(CC(=O)O)c2ccc(Cl)c(C(F)(F)F)c2)OC1(C)C. The van der Waals surface area contributed by atoms with Crippen LogP contribution in [0.15, 0.2) is 18.2 Å². The molecular weight excluding hydrogens is 359 g/mol. The summed E-state index contributed by atoms with van der Waals surface area (Å²) < 4.78 is 51.0. The van der Waals surface area contributed by atoms with Gasteiger partial charge in [0.1, 0.15) is 0 Å². The molecule has 4 nitrogen and oxygen atoms in total. The van der Waals surface area contributed by atoms with Crippen molar-refractivity contribution in [1.82, 2.24) is 0 Å². The van der Waals surface area contributed by atoms with Gasteiger partial charge in [0.25, 0.3) is 0 Å². The van der Waals surface area contributed by atoms with Crippen molar-refractivity contribution in [3.05, 3.63) is 34.3 Å². The first-order valence-electron chi connectivity index (χ1n) is 7.69. The van der Waals surface area contributed by atoms with Crippen molar-refractivity contribution in [2.75, 3.05) is 0 Å². The Bertz CT molecular complexity index is 660. The summed E-state index contributed by atoms with van der Waals surface area (Å²) in [5.74, 6) is -2.07. The van der Waals surface area contributed by atoms with Gasteiger partial charge in [-0.2, -0.15) is 13.2 Å². The van der Waals surface area contributed by atoms with Crippen molar-refractivity contribution in [2.24, 2.45) is 0 Å². The van der Waals surface area contributed by atoms with Crippen LogP contribution in [-0.2, 0) is 20.3 Å². The Hall–Kier alpha value is -1.25. The molecule has 0 radical (unpaired) electrons. The second-order valence-corrected chi connectivity index (χ2v) is 7.47. The van der Waals surface area contributed by atoms with E-state index in [1.165, 1.54) is 6.07 Å². The number of hydrogen-bond acceptors (Lipinski definition) is 3. The lowest BCUT2D eigenvalue weighted by atomic mass is 9.66. The molecule has 1 aromatic carbocycles. The molecule has 0 aromatic heterocycles. The van der Waals surface area contributed by atoms with Crippen molar-refractivity contribution in [3.63, 3.8) is 0 Å². The second kappa shape index (κ2) is 6.48. The minimum atomic E-state index is -4.64. The van der Waals surface area contributed by atoms with E-state index < -0.39 is 53.3 Å². The van der Waals surface area contributed by atoms with Crippen LogP contribution in [0, 0.1) is 0 Å². The van der Waals surface area contributed by atoms with Crippen LogP contribution in [0.1, 0.15) is 51.1 Å². The predicted molar refractivity (Wildman–Crippen MR) is 87.5 cm³/mol. The smallest absolute Gasteiger partial charge is 0.466 e. The fourth-order valence-electron chi connectivity index (χ4n) is 2.60. The Morgan fingerprint density at radius 2 is 1.76 bits per heavy atom. The van der Waals surface area contributed by atoms with Gasteiger partial charge in [0.05, 0.1) is 28.2 Å². The normalized spacial score (nSPS) is 20.6. The number of carbonyl (C=O) groups is 1. The van der Waals surface area contributed by atoms with Gasteiger partial charge in [-0.25, -0.2) is 0 Å². The van der Waals surface area contributed by atoms with Gasteiger partial charge in [-0.3, -0.25) is 4.79 Å². The van der Waals surface area contributed by atoms with Gasteiger partial charge in [-0.1, -0.05) is 17.7 Å². The molecule has 1 unspecified atom stereocenters. The van der Waals surface area contributed by atoms with E-state index in [1.54, 1.807) is 27.7 Å². The zero-order chi connectivity index (χ0) is 19.2. The maximum atomic E-state index is 13.1. The Kier molecular flexibility index (Phi) is 5.21. The highest BCUT2D eigenvalue weighted by Crippen LogP contribution is 2.43. The summed E-state index contributed by atoms with van der Waals surface area (Å²) in [4.78, 5) is 11.3. The van der Waals surface area contributed by atoms with E-state index in [9.17, 15) is 23.1 Å². The molecule has 138 valence electrons. The number of rotatable bonds is 4. The number of aliphatic carboxylic acids is 1. The molecule has 0 aliphatic carbocycles. The van der Waals surface area contributed by atoms with E-state index in [0.717, 1.165) is 12.1 Å². The van der Waals surface area contributed by atoms with E-state index in [-0.39, 0.29) is 5.56 Å². The Balaban J connectivity index is 2.45. The fraction of sp³-hybridized carbons (Fsp3) is 0.562. The quantitative estimate of drug-likeness (QED) is 0.781. The van der Waals surface area contributed by atoms with Crippen molar-refractivity contribution in [2.45, 2.75) is 57.3 Å². The number of carboxylic acids is 1. The molecule has 0 bridgehead atoms. The Morgan fingerprint density at radius 1 is 1.24 bits per heavy atom. The van der Waals surface area contributed by atoms with Gasteiger partial charge >= 0.3 is 19.3 Å². The average molecular weight is 379 g/mol. The van der Waals surface area contributed by atoms with E-state index in [2.05, 4.69) is 0 Å². The van der Waals surface area contributed by atoms with E-state index in [1.807, 2.05) is 0 Å². The van der Waals surface area contributed by atoms with Crippen LogP contribution in [0.3, 0.4) is 0 Å². The first kappa shape index (κ1) is 20.1. The molecule has 1 aliphatic heterocycles. The van der Waals surface area contributed by atoms with Gasteiger partial charge in [0.15, 0.2) is 0 Å². The van der Waals surface area contributed by atoms with Crippen molar-refractivity contribution >= 4 is 24.7 Å². The van der Waals surface area contributed by atoms with Gasteiger partial charge in [-0.05, 0) is 45.4 Å². The molecular formula is C16H19BClF3O4. The summed E-state index contributed by atoms with van der Waals surface area (Å²) in [5.41, 5.74) is -2.32. The van der Waals surface area contributed by atoms with Crippen LogP contribution in [0.4, 0.5) is 13.2 Å². The first-order valence-corrected chi connectivity index (χ1v) is 8.06. The third-order valence-electron chi connectivity index (χ3n) is 4.72. The highest BCUT2D eigenvalue weighted by molar-refractivity contribution is 6.48. The summed E-state index contributed by atoms with van der Waals surface area (Å²) in [6.07, 6.45) is -5.08. The monoisotopic (exact) mass is 378 g/mol. The number of carboxylic acid groups (broad SMARTS) is 1. The van der Waals surface area contributed by atoms with Crippen LogP contribution < -0.4 is 0 Å². The molecule has 0 saturated carbocycles. The first-order chi connectivity index (χ1) is 11.2. The van der Waals surface area contributed by atoms with Gasteiger partial charge in [0.2, 0.25) is 0 Å². The summed E-state index contributed by atoms with van der Waals surface area (Å²) in [5, 5.41) is 8.74. The molecule has 0 spiro atoms. The lowest BCUT2D eigenvalue weighted by molar-refractivity contribution is -0.137. The zero-order valence-corrected chi connectivity index (χ0v) is 15.0. The standard InChI is InChI=1S/C16H19BClF3O4/c1-14(2)15(3,4)25-17(24-14)11(8-13(22)23)9-5-6-12(18)10(7-9)16(19,20)21/h5-7,11H,8H2,1-4H3,(H,22,23). The number of halogens is 4. The van der Waals surface area contributed by atoms with Crippen LogP contribution in [0.2, 0.25) is 5.02 Å². The molecule has 1 fully saturated rings. The molecule has 1 heterocycles. The van der Waals surface area contributed by atoms with Crippen molar-refractivity contribution in [3.8, 4) is 0 Å². The van der Waals surface area contributed by atoms with E-state index in [4.69, 9.17) is 20.9 Å². The molecule has 1 aliphatic rings. The number of benzene rings is 1. The number of hydrogen-bond donors (Lipinski definition) is 1. The maximum absolute atomic E-state index is 13.1. The summed E-state index contributed by atoms with van der Waals surface area (Å²) in [7, 11) is -0.983. The largest absolute Gasteiger partial charge is 0.481 e. The molecule has 1 saturated heterocycles. The minimum absolute atomic E-state index is 0.151. The zero-order valence-electron chi connectivity index (χ0n) is 14.3. The molecule has 1 aromatic rings. The summed E-state index contributed by atoms with van der Waals surface area (Å²) in [6, 6.07) is 3.34. The Labute approximate surface area is 149 Å². The van der Waals surface area contributed by atoms with Crippen molar-refractivity contribution < 1.29 is 32.4 Å². The summed E-state index contributed by atoms with van der Waals surface area (Å²) in [6.45, 7) is 7.14. The predicted octanol–water partition coefficient (Wildman–Crippen LogP) is 4.55. The second-order valence-electron chi connectivity index (χ2n) is 7.07. The van der Waals surface area contributed by atoms with Crippen LogP contribution in [0.5, 0.6) is 0 Å². The topological polar surface area (TPSA) is 55.8 Å². The highest BCUT2D eigenvalue weighted by Gasteiger charge is 2.54. The van der Waals surface area contributed by atoms with Crippen molar-refractivity contribution in [1.29, 1.82) is 0 Å².